The molecule has 0 saturated carbocycles. The number of benzene rings is 2. The first-order valence-corrected chi connectivity index (χ1v) is 10.7. The molecule has 1 aliphatic rings. The number of nitrogens with zero attached hydrogens (tertiary/aromatic N) is 1. The van der Waals surface area contributed by atoms with E-state index in [0.29, 0.717) is 25.4 Å². The number of nitrogens with one attached hydrogen (secondary N) is 2. The van der Waals surface area contributed by atoms with Gasteiger partial charge in [0.25, 0.3) is 0 Å². The van der Waals surface area contributed by atoms with Gasteiger partial charge in [0.15, 0.2) is 0 Å². The lowest BCUT2D eigenvalue weighted by molar-refractivity contribution is -0.114. The number of hydrogen-bond donors (Lipinski definition) is 2. The Balaban J connectivity index is 1.79. The van der Waals surface area contributed by atoms with Crippen LogP contribution in [0.15, 0.2) is 59.5 Å². The lowest BCUT2D eigenvalue weighted by atomic mass is 10.1. The van der Waals surface area contributed by atoms with Crippen LogP contribution in [-0.2, 0) is 19.6 Å². The van der Waals surface area contributed by atoms with E-state index in [9.17, 15) is 13.2 Å². The molecular formula is C20H25N3O4S. The molecule has 2 aromatic carbocycles. The van der Waals surface area contributed by atoms with E-state index in [1.165, 1.54) is 19.1 Å². The van der Waals surface area contributed by atoms with Gasteiger partial charge in [-0.25, -0.2) is 13.1 Å². The lowest BCUT2D eigenvalue weighted by Gasteiger charge is -2.31. The van der Waals surface area contributed by atoms with Crippen LogP contribution in [0.25, 0.3) is 0 Å². The molecule has 2 aromatic rings. The van der Waals surface area contributed by atoms with E-state index in [1.807, 2.05) is 30.3 Å². The first kappa shape index (κ1) is 20.5. The topological polar surface area (TPSA) is 87.7 Å². The summed E-state index contributed by atoms with van der Waals surface area (Å²) in [5.74, 6) is -0.205. The van der Waals surface area contributed by atoms with Gasteiger partial charge in [0.05, 0.1) is 24.2 Å². The van der Waals surface area contributed by atoms with Crippen LogP contribution in [-0.4, -0.2) is 52.1 Å². The molecule has 0 radical (unpaired) electrons. The van der Waals surface area contributed by atoms with Gasteiger partial charge in [-0.2, -0.15) is 0 Å². The van der Waals surface area contributed by atoms with Crippen molar-refractivity contribution in [2.75, 3.05) is 38.2 Å². The maximum Gasteiger partial charge on any atom is 0.241 e. The largest absolute Gasteiger partial charge is 0.379 e. The van der Waals surface area contributed by atoms with Crippen molar-refractivity contribution in [3.8, 4) is 0 Å². The molecule has 1 saturated heterocycles. The Morgan fingerprint density at radius 3 is 2.32 bits per heavy atom. The molecule has 1 fully saturated rings. The first-order valence-electron chi connectivity index (χ1n) is 9.19. The Labute approximate surface area is 165 Å². The zero-order chi connectivity index (χ0) is 20.0. The van der Waals surface area contributed by atoms with Gasteiger partial charge in [-0.15, -0.1) is 0 Å². The highest BCUT2D eigenvalue weighted by molar-refractivity contribution is 7.89. The van der Waals surface area contributed by atoms with Crippen molar-refractivity contribution >= 4 is 21.6 Å². The van der Waals surface area contributed by atoms with Crippen molar-refractivity contribution in [3.63, 3.8) is 0 Å². The smallest absolute Gasteiger partial charge is 0.241 e. The zero-order valence-electron chi connectivity index (χ0n) is 15.8. The molecule has 0 unspecified atom stereocenters. The number of carbonyl (C=O) groups excluding carboxylic acids is 1. The molecule has 150 valence electrons. The van der Waals surface area contributed by atoms with Gasteiger partial charge in [-0.1, -0.05) is 30.3 Å². The van der Waals surface area contributed by atoms with Gasteiger partial charge < -0.3 is 10.1 Å². The standard InChI is InChI=1S/C20H25N3O4S/c1-16(24)21-18-7-9-19(10-8-18)28(25,26)22-20(17-5-3-2-4-6-17)15-23-11-13-27-14-12-23/h2-10,20,22H,11-15H2,1H3,(H,21,24)/t20-/m0/s1. The predicted octanol–water partition coefficient (Wildman–Crippen LogP) is 2.00. The van der Waals surface area contributed by atoms with Crippen molar-refractivity contribution < 1.29 is 17.9 Å². The first-order chi connectivity index (χ1) is 13.4. The maximum absolute atomic E-state index is 12.9. The Morgan fingerprint density at radius 1 is 1.07 bits per heavy atom. The summed E-state index contributed by atoms with van der Waals surface area (Å²) in [5.41, 5.74) is 1.46. The molecule has 28 heavy (non-hydrogen) atoms. The van der Waals surface area contributed by atoms with Crippen molar-refractivity contribution in [2.24, 2.45) is 0 Å². The summed E-state index contributed by atoms with van der Waals surface area (Å²) in [6.07, 6.45) is 0. The third-order valence-corrected chi connectivity index (χ3v) is 6.02. The molecule has 0 spiro atoms. The van der Waals surface area contributed by atoms with Gasteiger partial charge in [-0.05, 0) is 29.8 Å². The van der Waals surface area contributed by atoms with Crippen LogP contribution in [0.5, 0.6) is 0 Å². The van der Waals surface area contributed by atoms with E-state index in [4.69, 9.17) is 4.74 Å². The van der Waals surface area contributed by atoms with Gasteiger partial charge in [0.1, 0.15) is 0 Å². The second-order valence-electron chi connectivity index (χ2n) is 6.70. The maximum atomic E-state index is 12.9. The minimum atomic E-state index is -3.72. The lowest BCUT2D eigenvalue weighted by Crippen LogP contribution is -2.43. The Kier molecular flexibility index (Phi) is 6.79. The van der Waals surface area contributed by atoms with Crippen molar-refractivity contribution in [1.82, 2.24) is 9.62 Å². The summed E-state index contributed by atoms with van der Waals surface area (Å²) in [6, 6.07) is 15.3. The number of ether oxygens (including phenoxy) is 1. The highest BCUT2D eigenvalue weighted by Gasteiger charge is 2.24. The highest BCUT2D eigenvalue weighted by Crippen LogP contribution is 2.20. The summed E-state index contributed by atoms with van der Waals surface area (Å²) in [4.78, 5) is 13.5. The summed E-state index contributed by atoms with van der Waals surface area (Å²) >= 11 is 0. The summed E-state index contributed by atoms with van der Waals surface area (Å²) in [5, 5.41) is 2.63. The summed E-state index contributed by atoms with van der Waals surface area (Å²) < 4.78 is 34.1. The molecule has 1 amide bonds. The molecule has 7 nitrogen and oxygen atoms in total. The third kappa shape index (κ3) is 5.62. The van der Waals surface area contributed by atoms with Gasteiger partial charge in [0, 0.05) is 32.2 Å². The van der Waals surface area contributed by atoms with E-state index in [1.54, 1.807) is 12.1 Å². The fourth-order valence-corrected chi connectivity index (χ4v) is 4.33. The number of anilines is 1. The third-order valence-electron chi connectivity index (χ3n) is 4.53. The van der Waals surface area contributed by atoms with E-state index >= 15 is 0 Å². The molecule has 0 aliphatic carbocycles. The van der Waals surface area contributed by atoms with Crippen LogP contribution in [0.4, 0.5) is 5.69 Å². The quantitative estimate of drug-likeness (QED) is 0.738. The molecule has 0 bridgehead atoms. The van der Waals surface area contributed by atoms with Crippen molar-refractivity contribution in [1.29, 1.82) is 0 Å². The number of carbonyl (C=O) groups is 1. The van der Waals surface area contributed by atoms with E-state index in [0.717, 1.165) is 18.7 Å². The summed E-state index contributed by atoms with van der Waals surface area (Å²) in [6.45, 7) is 4.82. The summed E-state index contributed by atoms with van der Waals surface area (Å²) in [7, 11) is -3.72. The van der Waals surface area contributed by atoms with E-state index in [2.05, 4.69) is 14.9 Å². The average Bonchev–Trinajstić information content (AvgIpc) is 2.69. The number of rotatable bonds is 7. The molecule has 8 heteroatoms. The fraction of sp³-hybridized carbons (Fsp3) is 0.350. The zero-order valence-corrected chi connectivity index (χ0v) is 16.6. The monoisotopic (exact) mass is 403 g/mol. The minimum absolute atomic E-state index is 0.157. The molecule has 1 atom stereocenters. The molecule has 0 aromatic heterocycles. The number of amides is 1. The molecule has 3 rings (SSSR count). The molecule has 1 heterocycles. The van der Waals surface area contributed by atoms with Crippen molar-refractivity contribution in [3.05, 3.63) is 60.2 Å². The number of morpholine rings is 1. The predicted molar refractivity (Wildman–Crippen MR) is 108 cm³/mol. The van der Waals surface area contributed by atoms with Crippen LogP contribution < -0.4 is 10.0 Å². The Bertz CT molecular complexity index is 879. The van der Waals surface area contributed by atoms with Gasteiger partial charge >= 0.3 is 0 Å². The second kappa shape index (κ2) is 9.29. The second-order valence-corrected chi connectivity index (χ2v) is 8.42. The van der Waals surface area contributed by atoms with Crippen LogP contribution in [0.2, 0.25) is 0 Å². The average molecular weight is 404 g/mol. The Morgan fingerprint density at radius 2 is 1.71 bits per heavy atom. The minimum Gasteiger partial charge on any atom is -0.379 e. The Hall–Kier alpha value is -2.26. The van der Waals surface area contributed by atoms with Crippen LogP contribution >= 0.6 is 0 Å². The van der Waals surface area contributed by atoms with Gasteiger partial charge in [0.2, 0.25) is 15.9 Å². The van der Waals surface area contributed by atoms with Gasteiger partial charge in [-0.3, -0.25) is 9.69 Å². The van der Waals surface area contributed by atoms with Crippen LogP contribution in [0.3, 0.4) is 0 Å². The van der Waals surface area contributed by atoms with E-state index < -0.39 is 10.0 Å². The van der Waals surface area contributed by atoms with E-state index in [-0.39, 0.29) is 16.8 Å². The van der Waals surface area contributed by atoms with Crippen LogP contribution in [0.1, 0.15) is 18.5 Å². The van der Waals surface area contributed by atoms with Crippen LogP contribution in [0, 0.1) is 0 Å². The molecular weight excluding hydrogens is 378 g/mol. The normalized spacial score (nSPS) is 16.5. The SMILES string of the molecule is CC(=O)Nc1ccc(S(=O)(=O)N[C@@H](CN2CCOCC2)c2ccccc2)cc1. The molecule has 1 aliphatic heterocycles. The fourth-order valence-electron chi connectivity index (χ4n) is 3.11. The molecule has 2 N–H and O–H groups in total. The highest BCUT2D eigenvalue weighted by atomic mass is 32.2. The number of sulfonamides is 1. The number of hydrogen-bond acceptors (Lipinski definition) is 5. The van der Waals surface area contributed by atoms with Crippen molar-refractivity contribution in [2.45, 2.75) is 17.9 Å².